The second-order valence-electron chi connectivity index (χ2n) is 11.5. The molecule has 0 aromatic heterocycles. The quantitative estimate of drug-likeness (QED) is 0.509. The van der Waals surface area contributed by atoms with Gasteiger partial charge < -0.3 is 5.11 Å². The molecule has 0 radical (unpaired) electrons. The van der Waals surface area contributed by atoms with Crippen molar-refractivity contribution in [1.82, 2.24) is 0 Å². The second-order valence-corrected chi connectivity index (χ2v) is 11.5. The summed E-state index contributed by atoms with van der Waals surface area (Å²) in [7, 11) is 0. The van der Waals surface area contributed by atoms with Crippen LogP contribution in [0.5, 0.6) is 0 Å². The summed E-state index contributed by atoms with van der Waals surface area (Å²) >= 11 is 0. The van der Waals surface area contributed by atoms with Crippen LogP contribution < -0.4 is 0 Å². The highest BCUT2D eigenvalue weighted by molar-refractivity contribution is 5.42. The molecule has 4 aliphatic rings. The van der Waals surface area contributed by atoms with Crippen molar-refractivity contribution in [3.63, 3.8) is 0 Å². The Kier molecular flexibility index (Phi) is 5.87. The van der Waals surface area contributed by atoms with Gasteiger partial charge in [-0.1, -0.05) is 71.1 Å². The van der Waals surface area contributed by atoms with Crippen molar-refractivity contribution in [2.24, 2.45) is 40.4 Å². The Balaban J connectivity index is 1.53. The minimum Gasteiger partial charge on any atom is -0.396 e. The second kappa shape index (κ2) is 7.93. The molecular formula is C27H44O. The summed E-state index contributed by atoms with van der Waals surface area (Å²) in [6, 6.07) is 0. The SMILES string of the molecule is CC(CO)CCC[C@@H](C)[C@H]1CCC2=C3C=CC4CCCC[C@]4(C)[C@H]3CC[C@@]21C. The molecule has 0 spiro atoms. The van der Waals surface area contributed by atoms with Gasteiger partial charge in [0.05, 0.1) is 0 Å². The smallest absolute Gasteiger partial charge is 0.0456 e. The van der Waals surface area contributed by atoms with Crippen LogP contribution in [0.25, 0.3) is 0 Å². The van der Waals surface area contributed by atoms with Crippen LogP contribution in [0.2, 0.25) is 0 Å². The lowest BCUT2D eigenvalue weighted by Crippen LogP contribution is -2.44. The Labute approximate surface area is 174 Å². The average Bonchev–Trinajstić information content (AvgIpc) is 3.04. The lowest BCUT2D eigenvalue weighted by Gasteiger charge is -2.54. The number of aliphatic hydroxyl groups excluding tert-OH is 1. The van der Waals surface area contributed by atoms with Gasteiger partial charge in [-0.3, -0.25) is 0 Å². The summed E-state index contributed by atoms with van der Waals surface area (Å²) in [4.78, 5) is 0. The predicted molar refractivity (Wildman–Crippen MR) is 119 cm³/mol. The maximum absolute atomic E-state index is 9.31. The van der Waals surface area contributed by atoms with Gasteiger partial charge in [-0.25, -0.2) is 0 Å². The van der Waals surface area contributed by atoms with Crippen LogP contribution >= 0.6 is 0 Å². The average molecular weight is 385 g/mol. The number of rotatable bonds is 6. The lowest BCUT2D eigenvalue weighted by atomic mass is 9.51. The van der Waals surface area contributed by atoms with E-state index in [0.29, 0.717) is 23.4 Å². The van der Waals surface area contributed by atoms with Gasteiger partial charge in [0.15, 0.2) is 0 Å². The summed E-state index contributed by atoms with van der Waals surface area (Å²) in [5.74, 6) is 3.83. The normalized spacial score (nSPS) is 42.0. The zero-order valence-corrected chi connectivity index (χ0v) is 19.0. The number of aliphatic hydroxyl groups is 1. The molecule has 158 valence electrons. The lowest BCUT2D eigenvalue weighted by molar-refractivity contribution is 0.0538. The topological polar surface area (TPSA) is 20.2 Å². The number of allylic oxidation sites excluding steroid dienone is 4. The van der Waals surface area contributed by atoms with Gasteiger partial charge in [0.2, 0.25) is 0 Å². The Morgan fingerprint density at radius 1 is 1.07 bits per heavy atom. The molecule has 0 heterocycles. The van der Waals surface area contributed by atoms with E-state index in [4.69, 9.17) is 0 Å². The van der Waals surface area contributed by atoms with E-state index in [2.05, 4.69) is 39.8 Å². The van der Waals surface area contributed by atoms with Gasteiger partial charge in [-0.2, -0.15) is 0 Å². The standard InChI is InChI=1S/C27H44O/c1-19(18-28)8-7-9-20(2)23-13-14-24-22-12-11-21-10-5-6-16-26(21,3)25(22)15-17-27(23,24)4/h11-12,19-21,23,25,28H,5-10,13-18H2,1-4H3/t19?,20-,21?,23-,25+,26+,27-/m1/s1. The first-order valence-electron chi connectivity index (χ1n) is 12.4. The van der Waals surface area contributed by atoms with Gasteiger partial charge in [0, 0.05) is 6.61 Å². The van der Waals surface area contributed by atoms with E-state index in [-0.39, 0.29) is 0 Å². The Hall–Kier alpha value is -0.560. The fourth-order valence-corrected chi connectivity index (χ4v) is 8.00. The van der Waals surface area contributed by atoms with E-state index in [1.807, 2.05) is 5.57 Å². The van der Waals surface area contributed by atoms with Crippen molar-refractivity contribution < 1.29 is 5.11 Å². The highest BCUT2D eigenvalue weighted by atomic mass is 16.3. The summed E-state index contributed by atoms with van der Waals surface area (Å²) in [5, 5.41) is 9.31. The molecular weight excluding hydrogens is 340 g/mol. The Morgan fingerprint density at radius 3 is 2.68 bits per heavy atom. The third-order valence-electron chi connectivity index (χ3n) is 9.88. The highest BCUT2D eigenvalue weighted by Gasteiger charge is 2.53. The molecule has 1 N–H and O–H groups in total. The van der Waals surface area contributed by atoms with Crippen LogP contribution in [0.15, 0.2) is 23.3 Å². The molecule has 2 fully saturated rings. The molecule has 0 aromatic rings. The van der Waals surface area contributed by atoms with E-state index >= 15 is 0 Å². The minimum absolute atomic E-state index is 0.346. The van der Waals surface area contributed by atoms with Crippen molar-refractivity contribution in [3.05, 3.63) is 23.3 Å². The largest absolute Gasteiger partial charge is 0.396 e. The van der Waals surface area contributed by atoms with Gasteiger partial charge in [-0.15, -0.1) is 0 Å². The monoisotopic (exact) mass is 384 g/mol. The zero-order chi connectivity index (χ0) is 19.9. The molecule has 0 aromatic carbocycles. The van der Waals surface area contributed by atoms with Crippen LogP contribution in [0, 0.1) is 40.4 Å². The molecule has 0 amide bonds. The molecule has 0 aliphatic heterocycles. The molecule has 4 rings (SSSR count). The molecule has 0 bridgehead atoms. The number of hydrogen-bond acceptors (Lipinski definition) is 1. The van der Waals surface area contributed by atoms with Gasteiger partial charge >= 0.3 is 0 Å². The van der Waals surface area contributed by atoms with Crippen LogP contribution in [-0.4, -0.2) is 11.7 Å². The van der Waals surface area contributed by atoms with Crippen LogP contribution in [0.4, 0.5) is 0 Å². The Morgan fingerprint density at radius 2 is 1.89 bits per heavy atom. The molecule has 1 heteroatoms. The fraction of sp³-hybridized carbons (Fsp3) is 0.852. The van der Waals surface area contributed by atoms with Crippen LogP contribution in [0.3, 0.4) is 0 Å². The van der Waals surface area contributed by atoms with Gasteiger partial charge in [0.1, 0.15) is 0 Å². The fourth-order valence-electron chi connectivity index (χ4n) is 8.00. The Bertz CT molecular complexity index is 630. The highest BCUT2D eigenvalue weighted by Crippen LogP contribution is 2.64. The van der Waals surface area contributed by atoms with Crippen LogP contribution in [-0.2, 0) is 0 Å². The molecule has 2 saturated carbocycles. The first-order chi connectivity index (χ1) is 13.4. The van der Waals surface area contributed by atoms with E-state index in [1.165, 1.54) is 70.6 Å². The molecule has 2 unspecified atom stereocenters. The minimum atomic E-state index is 0.346. The van der Waals surface area contributed by atoms with Gasteiger partial charge in [0.25, 0.3) is 0 Å². The molecule has 0 saturated heterocycles. The predicted octanol–water partition coefficient (Wildman–Crippen LogP) is 7.31. The summed E-state index contributed by atoms with van der Waals surface area (Å²) in [6.07, 6.45) is 20.4. The number of hydrogen-bond donors (Lipinski definition) is 1. The third kappa shape index (κ3) is 3.34. The van der Waals surface area contributed by atoms with Crippen molar-refractivity contribution in [1.29, 1.82) is 0 Å². The first kappa shape index (κ1) is 20.7. The van der Waals surface area contributed by atoms with E-state index in [1.54, 1.807) is 5.57 Å². The molecule has 7 atom stereocenters. The van der Waals surface area contributed by atoms with Crippen molar-refractivity contribution in [3.8, 4) is 0 Å². The molecule has 4 aliphatic carbocycles. The zero-order valence-electron chi connectivity index (χ0n) is 19.0. The van der Waals surface area contributed by atoms with Gasteiger partial charge in [-0.05, 0) is 90.9 Å². The maximum Gasteiger partial charge on any atom is 0.0456 e. The van der Waals surface area contributed by atoms with E-state index in [0.717, 1.165) is 23.7 Å². The van der Waals surface area contributed by atoms with E-state index < -0.39 is 0 Å². The molecule has 1 nitrogen and oxygen atoms in total. The molecule has 28 heavy (non-hydrogen) atoms. The van der Waals surface area contributed by atoms with Crippen molar-refractivity contribution >= 4 is 0 Å². The van der Waals surface area contributed by atoms with E-state index in [9.17, 15) is 5.11 Å². The summed E-state index contributed by atoms with van der Waals surface area (Å²) in [5.41, 5.74) is 4.65. The first-order valence-corrected chi connectivity index (χ1v) is 12.4. The van der Waals surface area contributed by atoms with Crippen molar-refractivity contribution in [2.45, 2.75) is 98.3 Å². The summed E-state index contributed by atoms with van der Waals surface area (Å²) < 4.78 is 0. The third-order valence-corrected chi connectivity index (χ3v) is 9.88. The maximum atomic E-state index is 9.31. The van der Waals surface area contributed by atoms with Crippen molar-refractivity contribution in [2.75, 3.05) is 6.61 Å². The summed E-state index contributed by atoms with van der Waals surface area (Å²) in [6.45, 7) is 10.3. The number of fused-ring (bicyclic) bond motifs is 4. The van der Waals surface area contributed by atoms with Crippen LogP contribution in [0.1, 0.15) is 98.3 Å².